The minimum atomic E-state index is -4.62. The number of hydrogen-bond donors (Lipinski definition) is 0. The van der Waals surface area contributed by atoms with Crippen LogP contribution in [0.5, 0.6) is 0 Å². The Balaban J connectivity index is 1.35. The summed E-state index contributed by atoms with van der Waals surface area (Å²) in [6.45, 7) is 9.90. The first kappa shape index (κ1) is 31.3. The Morgan fingerprint density at radius 2 is 1.66 bits per heavy atom. The fourth-order valence-corrected chi connectivity index (χ4v) is 5.81. The molecule has 0 aliphatic carbocycles. The topological polar surface area (TPSA) is 47.1 Å². The van der Waals surface area contributed by atoms with Crippen molar-refractivity contribution in [2.75, 3.05) is 59.4 Å². The first-order valence-corrected chi connectivity index (χ1v) is 14.3. The van der Waals surface area contributed by atoms with Gasteiger partial charge in [0.15, 0.2) is 0 Å². The van der Waals surface area contributed by atoms with E-state index in [4.69, 9.17) is 11.6 Å². The summed E-state index contributed by atoms with van der Waals surface area (Å²) in [6, 6.07) is 9.42. The molecule has 0 bridgehead atoms. The van der Waals surface area contributed by atoms with Crippen molar-refractivity contribution in [2.24, 2.45) is 5.92 Å². The van der Waals surface area contributed by atoms with E-state index in [-0.39, 0.29) is 40.7 Å². The highest BCUT2D eigenvalue weighted by Crippen LogP contribution is 2.32. The number of carbonyl (C=O) groups is 2. The van der Waals surface area contributed by atoms with E-state index in [1.54, 1.807) is 19.2 Å². The second-order valence-corrected chi connectivity index (χ2v) is 11.8. The number of carbonyl (C=O) groups excluding carboxylic acids is 2. The molecule has 2 heterocycles. The lowest BCUT2D eigenvalue weighted by Crippen LogP contribution is -2.63. The van der Waals surface area contributed by atoms with Crippen LogP contribution in [0.15, 0.2) is 42.5 Å². The van der Waals surface area contributed by atoms with Gasteiger partial charge in [0.1, 0.15) is 5.82 Å². The molecule has 0 radical (unpaired) electrons. The number of nitrogens with zero attached hydrogens (tertiary/aromatic N) is 4. The third-order valence-electron chi connectivity index (χ3n) is 8.02. The first-order chi connectivity index (χ1) is 19.3. The Bertz CT molecular complexity index is 1210. The number of amides is 2. The van der Waals surface area contributed by atoms with Crippen molar-refractivity contribution >= 4 is 23.4 Å². The van der Waals surface area contributed by atoms with Gasteiger partial charge >= 0.3 is 6.18 Å². The molecule has 2 aromatic carbocycles. The fraction of sp³-hybridized carbons (Fsp3) is 0.533. The largest absolute Gasteiger partial charge is 0.416 e. The molecular weight excluding hydrogens is 560 g/mol. The van der Waals surface area contributed by atoms with Crippen molar-refractivity contribution in [1.82, 2.24) is 19.6 Å². The van der Waals surface area contributed by atoms with Gasteiger partial charge in [-0.1, -0.05) is 37.6 Å². The van der Waals surface area contributed by atoms with Crippen molar-refractivity contribution in [2.45, 2.75) is 38.4 Å². The van der Waals surface area contributed by atoms with Crippen LogP contribution in [0.4, 0.5) is 17.6 Å². The van der Waals surface area contributed by atoms with E-state index in [0.717, 1.165) is 63.5 Å². The Labute approximate surface area is 243 Å². The molecule has 2 saturated heterocycles. The van der Waals surface area contributed by atoms with Gasteiger partial charge in [-0.3, -0.25) is 14.5 Å². The second-order valence-electron chi connectivity index (χ2n) is 11.4. The maximum atomic E-state index is 13.6. The minimum absolute atomic E-state index is 0.00647. The van der Waals surface area contributed by atoms with Gasteiger partial charge in [0.05, 0.1) is 5.56 Å². The van der Waals surface area contributed by atoms with Crippen molar-refractivity contribution in [3.05, 3.63) is 70.0 Å². The zero-order valence-corrected chi connectivity index (χ0v) is 24.4. The van der Waals surface area contributed by atoms with Gasteiger partial charge in [-0.2, -0.15) is 13.2 Å². The lowest BCUT2D eigenvalue weighted by Gasteiger charge is -2.48. The summed E-state index contributed by atoms with van der Waals surface area (Å²) in [5, 5.41) is -0.160. The van der Waals surface area contributed by atoms with E-state index in [1.807, 2.05) is 18.7 Å². The van der Waals surface area contributed by atoms with Crippen LogP contribution in [0.2, 0.25) is 5.02 Å². The summed E-state index contributed by atoms with van der Waals surface area (Å²) in [5.74, 6) is -0.866. The number of benzene rings is 2. The third kappa shape index (κ3) is 7.99. The number of likely N-dealkylation sites (tertiary alicyclic amines) is 1. The molecule has 2 aliphatic rings. The van der Waals surface area contributed by atoms with Crippen LogP contribution in [0.25, 0.3) is 0 Å². The molecule has 41 heavy (non-hydrogen) atoms. The Morgan fingerprint density at radius 1 is 1.02 bits per heavy atom. The molecule has 6 nitrogen and oxygen atoms in total. The predicted octanol–water partition coefficient (Wildman–Crippen LogP) is 5.23. The lowest BCUT2D eigenvalue weighted by molar-refractivity contribution is -0.138. The van der Waals surface area contributed by atoms with Crippen LogP contribution in [-0.4, -0.2) is 96.9 Å². The highest BCUT2D eigenvalue weighted by molar-refractivity contribution is 6.31. The Hall–Kier alpha value is -2.69. The first-order valence-electron chi connectivity index (χ1n) is 14.0. The van der Waals surface area contributed by atoms with Gasteiger partial charge in [0, 0.05) is 81.3 Å². The minimum Gasteiger partial charge on any atom is -0.341 e. The zero-order valence-electron chi connectivity index (χ0n) is 23.6. The van der Waals surface area contributed by atoms with Gasteiger partial charge in [-0.15, -0.1) is 0 Å². The number of rotatable bonds is 9. The summed E-state index contributed by atoms with van der Waals surface area (Å²) >= 11 is 5.90. The van der Waals surface area contributed by atoms with E-state index in [9.17, 15) is 27.2 Å². The standard InChI is InChI=1S/C30H37ClF4N4O2/c1-20(2)28(40)39-12-10-38(11-13-39)27-18-37(19-27)9-8-22(21-4-6-26(32)7-5-21)17-36(3)29(41)23-14-24(30(33,34)35)16-25(31)15-23/h4-7,14-16,20,22,27H,8-13,17-19H2,1-3H3/t22-/m0/s1. The monoisotopic (exact) mass is 596 g/mol. The summed E-state index contributed by atoms with van der Waals surface area (Å²) in [6.07, 6.45) is -3.93. The SMILES string of the molecule is CC(C)C(=O)N1CCN(C2CN(CC[C@@H](CN(C)C(=O)c3cc(Cl)cc(C(F)(F)F)c3)c3ccc(F)cc3)C2)CC1. The number of hydrogen-bond acceptors (Lipinski definition) is 4. The van der Waals surface area contributed by atoms with E-state index in [0.29, 0.717) is 12.5 Å². The zero-order chi connectivity index (χ0) is 29.9. The molecule has 2 aliphatic heterocycles. The maximum absolute atomic E-state index is 13.6. The molecular formula is C30H37ClF4N4O2. The fourth-order valence-electron chi connectivity index (χ4n) is 5.58. The third-order valence-corrected chi connectivity index (χ3v) is 8.24. The van der Waals surface area contributed by atoms with Gasteiger partial charge in [0.2, 0.25) is 5.91 Å². The number of piperazine rings is 1. The van der Waals surface area contributed by atoms with Crippen LogP contribution >= 0.6 is 11.6 Å². The summed E-state index contributed by atoms with van der Waals surface area (Å²) in [7, 11) is 1.55. The van der Waals surface area contributed by atoms with E-state index in [2.05, 4.69) is 9.80 Å². The van der Waals surface area contributed by atoms with Crippen molar-refractivity contribution in [3.8, 4) is 0 Å². The number of alkyl halides is 3. The molecule has 224 valence electrons. The normalized spacial score (nSPS) is 17.9. The van der Waals surface area contributed by atoms with E-state index < -0.39 is 17.6 Å². The van der Waals surface area contributed by atoms with Crippen LogP contribution < -0.4 is 0 Å². The van der Waals surface area contributed by atoms with Crippen molar-refractivity contribution in [1.29, 1.82) is 0 Å². The molecule has 0 spiro atoms. The summed E-state index contributed by atoms with van der Waals surface area (Å²) < 4.78 is 53.5. The predicted molar refractivity (Wildman–Crippen MR) is 150 cm³/mol. The van der Waals surface area contributed by atoms with Crippen molar-refractivity contribution in [3.63, 3.8) is 0 Å². The van der Waals surface area contributed by atoms with Gasteiger partial charge < -0.3 is 14.7 Å². The second kappa shape index (κ2) is 13.1. The highest BCUT2D eigenvalue weighted by atomic mass is 35.5. The van der Waals surface area contributed by atoms with Crippen molar-refractivity contribution < 1.29 is 27.2 Å². The molecule has 0 unspecified atom stereocenters. The molecule has 0 aromatic heterocycles. The molecule has 0 N–H and O–H groups in total. The van der Waals surface area contributed by atoms with Crippen LogP contribution in [0, 0.1) is 11.7 Å². The molecule has 2 aromatic rings. The number of halogens is 5. The molecule has 0 saturated carbocycles. The smallest absolute Gasteiger partial charge is 0.341 e. The quantitative estimate of drug-likeness (QED) is 0.372. The average Bonchev–Trinajstić information content (AvgIpc) is 2.90. The molecule has 11 heteroatoms. The highest BCUT2D eigenvalue weighted by Gasteiger charge is 2.35. The van der Waals surface area contributed by atoms with E-state index >= 15 is 0 Å². The number of likely N-dealkylation sites (N-methyl/N-ethyl adjacent to an activating group) is 1. The van der Waals surface area contributed by atoms with E-state index in [1.165, 1.54) is 23.1 Å². The maximum Gasteiger partial charge on any atom is 0.416 e. The Morgan fingerprint density at radius 3 is 2.24 bits per heavy atom. The summed E-state index contributed by atoms with van der Waals surface area (Å²) in [4.78, 5) is 33.5. The molecule has 1 atom stereocenters. The molecule has 2 fully saturated rings. The average molecular weight is 597 g/mol. The lowest BCUT2D eigenvalue weighted by atomic mass is 9.93. The van der Waals surface area contributed by atoms with Gasteiger partial charge in [0.25, 0.3) is 5.91 Å². The molecule has 2 amide bonds. The summed E-state index contributed by atoms with van der Waals surface area (Å²) in [5.41, 5.74) is -0.251. The Kier molecular flexibility index (Phi) is 9.97. The van der Waals surface area contributed by atoms with Crippen LogP contribution in [-0.2, 0) is 11.0 Å². The van der Waals surface area contributed by atoms with Gasteiger partial charge in [-0.25, -0.2) is 4.39 Å². The van der Waals surface area contributed by atoms with Gasteiger partial charge in [-0.05, 0) is 48.9 Å². The molecule has 4 rings (SSSR count). The van der Waals surface area contributed by atoms with Crippen LogP contribution in [0.1, 0.15) is 47.7 Å². The van der Waals surface area contributed by atoms with Crippen LogP contribution in [0.3, 0.4) is 0 Å².